The van der Waals surface area contributed by atoms with Gasteiger partial charge in [-0.1, -0.05) is 0 Å². The number of anilines is 1. The molecule has 0 fully saturated rings. The van der Waals surface area contributed by atoms with E-state index >= 15 is 0 Å². The van der Waals surface area contributed by atoms with Crippen LogP contribution in [0.2, 0.25) is 0 Å². The van der Waals surface area contributed by atoms with E-state index in [1.165, 1.54) is 6.07 Å². The Morgan fingerprint density at radius 3 is 2.65 bits per heavy atom. The maximum absolute atomic E-state index is 13.0. The van der Waals surface area contributed by atoms with E-state index in [1.807, 2.05) is 17.9 Å². The molecule has 2 aliphatic heterocycles. The van der Waals surface area contributed by atoms with Crippen molar-refractivity contribution in [3.05, 3.63) is 52.0 Å². The molecule has 4 heterocycles. The minimum Gasteiger partial charge on any atom is -0.352 e. The quantitative estimate of drug-likeness (QED) is 0.783. The number of hydrogen-bond acceptors (Lipinski definition) is 4. The van der Waals surface area contributed by atoms with Crippen molar-refractivity contribution in [3.8, 4) is 0 Å². The molecular formula is C18H17F3N4O. The second kappa shape index (κ2) is 5.69. The lowest BCUT2D eigenvalue weighted by Crippen LogP contribution is -2.32. The molecule has 0 unspecified atom stereocenters. The Morgan fingerprint density at radius 2 is 1.92 bits per heavy atom. The highest BCUT2D eigenvalue weighted by Crippen LogP contribution is 2.33. The van der Waals surface area contributed by atoms with Crippen LogP contribution in [0.3, 0.4) is 0 Å². The van der Waals surface area contributed by atoms with Gasteiger partial charge in [0.1, 0.15) is 5.82 Å². The maximum atomic E-state index is 13.0. The number of halogens is 3. The standard InChI is InChI=1S/C18H17F3N4O/c1-10-5-13-15(9-24(2)17(13)26)23-16(10)25-4-3-14-11(8-25)6-12(7-22-14)18(19,20)21/h5-7H,3-4,8-9H2,1-2H3. The first-order valence-corrected chi connectivity index (χ1v) is 8.30. The lowest BCUT2D eigenvalue weighted by atomic mass is 10.0. The van der Waals surface area contributed by atoms with Gasteiger partial charge in [-0.2, -0.15) is 13.2 Å². The predicted octanol–water partition coefficient (Wildman–Crippen LogP) is 2.95. The average molecular weight is 362 g/mol. The number of hydrogen-bond donors (Lipinski definition) is 0. The molecule has 2 aromatic rings. The Bertz CT molecular complexity index is 910. The van der Waals surface area contributed by atoms with E-state index in [0.29, 0.717) is 48.6 Å². The summed E-state index contributed by atoms with van der Waals surface area (Å²) >= 11 is 0. The van der Waals surface area contributed by atoms with Crippen LogP contribution in [0.5, 0.6) is 0 Å². The highest BCUT2D eigenvalue weighted by molar-refractivity contribution is 5.98. The van der Waals surface area contributed by atoms with Crippen molar-refractivity contribution in [2.24, 2.45) is 0 Å². The number of carbonyl (C=O) groups is 1. The Balaban J connectivity index is 1.68. The van der Waals surface area contributed by atoms with Gasteiger partial charge in [0.15, 0.2) is 0 Å². The van der Waals surface area contributed by atoms with Crippen LogP contribution in [-0.2, 0) is 25.7 Å². The van der Waals surface area contributed by atoms with Crippen molar-refractivity contribution in [2.45, 2.75) is 32.6 Å². The molecule has 26 heavy (non-hydrogen) atoms. The Labute approximate surface area is 148 Å². The first kappa shape index (κ1) is 16.8. The van der Waals surface area contributed by atoms with Crippen molar-refractivity contribution in [3.63, 3.8) is 0 Å². The van der Waals surface area contributed by atoms with Gasteiger partial charge in [-0.05, 0) is 30.2 Å². The van der Waals surface area contributed by atoms with Crippen LogP contribution in [0.15, 0.2) is 18.3 Å². The fourth-order valence-electron chi connectivity index (χ4n) is 3.53. The molecule has 8 heteroatoms. The third-order valence-electron chi connectivity index (χ3n) is 4.90. The number of amides is 1. The van der Waals surface area contributed by atoms with Gasteiger partial charge >= 0.3 is 6.18 Å². The van der Waals surface area contributed by atoms with Gasteiger partial charge < -0.3 is 9.80 Å². The van der Waals surface area contributed by atoms with Crippen molar-refractivity contribution in [2.75, 3.05) is 18.5 Å². The van der Waals surface area contributed by atoms with Gasteiger partial charge in [0.2, 0.25) is 0 Å². The van der Waals surface area contributed by atoms with Gasteiger partial charge in [-0.3, -0.25) is 9.78 Å². The monoisotopic (exact) mass is 362 g/mol. The number of aromatic nitrogens is 2. The zero-order valence-electron chi connectivity index (χ0n) is 14.4. The third kappa shape index (κ3) is 2.69. The van der Waals surface area contributed by atoms with E-state index in [0.717, 1.165) is 17.6 Å². The fraction of sp³-hybridized carbons (Fsp3) is 0.389. The second-order valence-electron chi connectivity index (χ2n) is 6.78. The van der Waals surface area contributed by atoms with E-state index in [-0.39, 0.29) is 5.91 Å². The van der Waals surface area contributed by atoms with E-state index < -0.39 is 11.7 Å². The van der Waals surface area contributed by atoms with Crippen molar-refractivity contribution < 1.29 is 18.0 Å². The molecule has 1 amide bonds. The summed E-state index contributed by atoms with van der Waals surface area (Å²) in [5, 5.41) is 0. The largest absolute Gasteiger partial charge is 0.417 e. The summed E-state index contributed by atoms with van der Waals surface area (Å²) < 4.78 is 38.9. The lowest BCUT2D eigenvalue weighted by molar-refractivity contribution is -0.137. The van der Waals surface area contributed by atoms with E-state index in [2.05, 4.69) is 9.97 Å². The zero-order valence-corrected chi connectivity index (χ0v) is 14.4. The van der Waals surface area contributed by atoms with Crippen molar-refractivity contribution in [1.29, 1.82) is 0 Å². The number of nitrogens with zero attached hydrogens (tertiary/aromatic N) is 4. The molecule has 0 radical (unpaired) electrons. The molecular weight excluding hydrogens is 345 g/mol. The predicted molar refractivity (Wildman–Crippen MR) is 88.8 cm³/mol. The summed E-state index contributed by atoms with van der Waals surface area (Å²) in [5.41, 5.74) is 2.70. The fourth-order valence-corrected chi connectivity index (χ4v) is 3.53. The zero-order chi connectivity index (χ0) is 18.6. The molecule has 0 saturated heterocycles. The number of pyridine rings is 2. The summed E-state index contributed by atoms with van der Waals surface area (Å²) in [7, 11) is 1.72. The summed E-state index contributed by atoms with van der Waals surface area (Å²) in [6, 6.07) is 3.00. The summed E-state index contributed by atoms with van der Waals surface area (Å²) in [4.78, 5) is 24.3. The first-order valence-electron chi connectivity index (χ1n) is 8.30. The minimum atomic E-state index is -4.41. The molecule has 5 nitrogen and oxygen atoms in total. The highest BCUT2D eigenvalue weighted by atomic mass is 19.4. The SMILES string of the molecule is Cc1cc2c(nc1N1CCc3ncc(C(F)(F)F)cc3C1)CN(C)C2=O. The van der Waals surface area contributed by atoms with Gasteiger partial charge in [0.05, 0.1) is 23.4 Å². The van der Waals surface area contributed by atoms with Crippen LogP contribution in [0.1, 0.15) is 38.4 Å². The van der Waals surface area contributed by atoms with Gasteiger partial charge in [-0.15, -0.1) is 0 Å². The third-order valence-corrected chi connectivity index (χ3v) is 4.90. The van der Waals surface area contributed by atoms with Crippen LogP contribution in [-0.4, -0.2) is 34.4 Å². The molecule has 0 aromatic carbocycles. The maximum Gasteiger partial charge on any atom is 0.417 e. The molecule has 0 saturated carbocycles. The molecule has 0 atom stereocenters. The molecule has 136 valence electrons. The van der Waals surface area contributed by atoms with E-state index in [1.54, 1.807) is 11.9 Å². The molecule has 2 aliphatic rings. The van der Waals surface area contributed by atoms with Crippen LogP contribution in [0.25, 0.3) is 0 Å². The molecule has 4 rings (SSSR count). The molecule has 0 spiro atoms. The number of alkyl halides is 3. The number of fused-ring (bicyclic) bond motifs is 2. The Kier molecular flexibility index (Phi) is 3.68. The lowest BCUT2D eigenvalue weighted by Gasteiger charge is -2.31. The smallest absolute Gasteiger partial charge is 0.352 e. The molecule has 0 N–H and O–H groups in total. The minimum absolute atomic E-state index is 0.0508. The van der Waals surface area contributed by atoms with Gasteiger partial charge in [0.25, 0.3) is 5.91 Å². The van der Waals surface area contributed by atoms with Crippen molar-refractivity contribution in [1.82, 2.24) is 14.9 Å². The number of rotatable bonds is 1. The van der Waals surface area contributed by atoms with Crippen LogP contribution in [0.4, 0.5) is 19.0 Å². The van der Waals surface area contributed by atoms with E-state index in [9.17, 15) is 18.0 Å². The first-order chi connectivity index (χ1) is 12.2. The molecule has 0 aliphatic carbocycles. The average Bonchev–Trinajstić information content (AvgIpc) is 2.86. The van der Waals surface area contributed by atoms with Crippen LogP contribution >= 0.6 is 0 Å². The van der Waals surface area contributed by atoms with Crippen molar-refractivity contribution >= 4 is 11.7 Å². The van der Waals surface area contributed by atoms with Gasteiger partial charge in [-0.25, -0.2) is 4.98 Å². The van der Waals surface area contributed by atoms with Gasteiger partial charge in [0, 0.05) is 38.4 Å². The Morgan fingerprint density at radius 1 is 1.15 bits per heavy atom. The summed E-state index contributed by atoms with van der Waals surface area (Å²) in [5.74, 6) is 0.667. The Hall–Kier alpha value is -2.64. The topological polar surface area (TPSA) is 49.3 Å². The molecule has 0 bridgehead atoms. The van der Waals surface area contributed by atoms with E-state index in [4.69, 9.17) is 0 Å². The summed E-state index contributed by atoms with van der Waals surface area (Å²) in [6.45, 7) is 3.27. The molecule has 2 aromatic heterocycles. The van der Waals surface area contributed by atoms with Crippen LogP contribution in [0, 0.1) is 6.92 Å². The highest BCUT2D eigenvalue weighted by Gasteiger charge is 2.33. The number of aryl methyl sites for hydroxylation is 1. The second-order valence-corrected chi connectivity index (χ2v) is 6.78. The number of carbonyl (C=O) groups excluding carboxylic acids is 1. The normalized spacial score (nSPS) is 16.7. The summed E-state index contributed by atoms with van der Waals surface area (Å²) in [6.07, 6.45) is -2.95. The van der Waals surface area contributed by atoms with Crippen LogP contribution < -0.4 is 4.90 Å².